The molecule has 1 N–H and O–H groups in total. The van der Waals surface area contributed by atoms with Crippen molar-refractivity contribution in [3.05, 3.63) is 18.7 Å². The molecule has 1 aromatic rings. The van der Waals surface area contributed by atoms with Crippen LogP contribution in [0.5, 0.6) is 0 Å². The molecule has 6 heteroatoms. The van der Waals surface area contributed by atoms with Crippen LogP contribution in [0.1, 0.15) is 6.42 Å². The maximum atomic E-state index is 11.3. The van der Waals surface area contributed by atoms with Crippen molar-refractivity contribution in [3.8, 4) is 0 Å². The number of aromatic nitrogens is 2. The second-order valence-corrected chi connectivity index (χ2v) is 3.55. The molecule has 1 aromatic heterocycles. The second-order valence-electron chi connectivity index (χ2n) is 3.55. The number of amides is 1. The summed E-state index contributed by atoms with van der Waals surface area (Å²) in [5.41, 5.74) is 0. The highest BCUT2D eigenvalue weighted by atomic mass is 16.5. The van der Waals surface area contributed by atoms with Crippen molar-refractivity contribution in [1.29, 1.82) is 0 Å². The van der Waals surface area contributed by atoms with E-state index in [0.717, 1.165) is 13.0 Å². The topological polar surface area (TPSA) is 65.4 Å². The molecule has 96 valence electrons. The number of carbonyl (C=O) groups is 1. The Morgan fingerprint density at radius 3 is 3.06 bits per heavy atom. The van der Waals surface area contributed by atoms with Gasteiger partial charge in [-0.25, -0.2) is 4.98 Å². The summed E-state index contributed by atoms with van der Waals surface area (Å²) in [4.78, 5) is 15.2. The van der Waals surface area contributed by atoms with Gasteiger partial charge in [0.05, 0.1) is 19.5 Å². The SMILES string of the molecule is COCCOCC(=O)NCCCn1ccnc1. The fourth-order valence-electron chi connectivity index (χ4n) is 1.27. The summed E-state index contributed by atoms with van der Waals surface area (Å²) in [7, 11) is 1.60. The standard InChI is InChI=1S/C11H19N3O3/c1-16-7-8-17-9-11(15)13-3-2-5-14-6-4-12-10-14/h4,6,10H,2-3,5,7-9H2,1H3,(H,13,15). The van der Waals surface area contributed by atoms with E-state index in [1.165, 1.54) is 0 Å². The molecule has 17 heavy (non-hydrogen) atoms. The number of aryl methyl sites for hydroxylation is 1. The predicted molar refractivity (Wildman–Crippen MR) is 62.5 cm³/mol. The minimum absolute atomic E-state index is 0.0910. The van der Waals surface area contributed by atoms with Gasteiger partial charge in [0.1, 0.15) is 6.61 Å². The van der Waals surface area contributed by atoms with E-state index in [4.69, 9.17) is 9.47 Å². The lowest BCUT2D eigenvalue weighted by Crippen LogP contribution is -2.29. The number of hydrogen-bond acceptors (Lipinski definition) is 4. The molecule has 0 radical (unpaired) electrons. The Labute approximate surface area is 101 Å². The lowest BCUT2D eigenvalue weighted by molar-refractivity contribution is -0.126. The minimum Gasteiger partial charge on any atom is -0.382 e. The van der Waals surface area contributed by atoms with E-state index < -0.39 is 0 Å². The van der Waals surface area contributed by atoms with Crippen LogP contribution < -0.4 is 5.32 Å². The van der Waals surface area contributed by atoms with Crippen LogP contribution in [-0.4, -0.2) is 48.9 Å². The fraction of sp³-hybridized carbons (Fsp3) is 0.636. The van der Waals surface area contributed by atoms with E-state index in [1.54, 1.807) is 19.6 Å². The highest BCUT2D eigenvalue weighted by Crippen LogP contribution is 1.89. The maximum Gasteiger partial charge on any atom is 0.246 e. The first kappa shape index (κ1) is 13.7. The molecular formula is C11H19N3O3. The zero-order valence-corrected chi connectivity index (χ0v) is 10.1. The zero-order valence-electron chi connectivity index (χ0n) is 10.1. The van der Waals surface area contributed by atoms with Crippen LogP contribution in [0.3, 0.4) is 0 Å². The van der Waals surface area contributed by atoms with Crippen molar-refractivity contribution in [2.75, 3.05) is 33.5 Å². The molecule has 1 rings (SSSR count). The lowest BCUT2D eigenvalue weighted by Gasteiger charge is -2.06. The Kier molecular flexibility index (Phi) is 7.01. The number of ether oxygens (including phenoxy) is 2. The number of rotatable bonds is 9. The third-order valence-electron chi connectivity index (χ3n) is 2.14. The summed E-state index contributed by atoms with van der Waals surface area (Å²) in [5.74, 6) is -0.0910. The molecule has 0 bridgehead atoms. The Balaban J connectivity index is 1.93. The number of methoxy groups -OCH3 is 1. The summed E-state index contributed by atoms with van der Waals surface area (Å²) >= 11 is 0. The fourth-order valence-corrected chi connectivity index (χ4v) is 1.27. The quantitative estimate of drug-likeness (QED) is 0.621. The average molecular weight is 241 g/mol. The smallest absolute Gasteiger partial charge is 0.246 e. The molecule has 0 aliphatic heterocycles. The van der Waals surface area contributed by atoms with Crippen LogP contribution in [0.25, 0.3) is 0 Å². The first-order valence-corrected chi connectivity index (χ1v) is 5.62. The zero-order chi connectivity index (χ0) is 12.3. The predicted octanol–water partition coefficient (Wildman–Crippen LogP) is 0.0524. The maximum absolute atomic E-state index is 11.3. The minimum atomic E-state index is -0.0910. The molecule has 0 fully saturated rings. The molecular weight excluding hydrogens is 222 g/mol. The molecule has 0 aliphatic carbocycles. The Bertz CT molecular complexity index is 301. The molecule has 0 aromatic carbocycles. The summed E-state index contributed by atoms with van der Waals surface area (Å²) in [6.07, 6.45) is 6.27. The highest BCUT2D eigenvalue weighted by molar-refractivity contribution is 5.77. The van der Waals surface area contributed by atoms with Crippen molar-refractivity contribution in [1.82, 2.24) is 14.9 Å². The normalized spacial score (nSPS) is 10.4. The lowest BCUT2D eigenvalue weighted by atomic mass is 10.4. The molecule has 1 amide bonds. The Morgan fingerprint density at radius 1 is 1.47 bits per heavy atom. The van der Waals surface area contributed by atoms with Crippen LogP contribution >= 0.6 is 0 Å². The summed E-state index contributed by atoms with van der Waals surface area (Å²) < 4.78 is 11.9. The largest absolute Gasteiger partial charge is 0.382 e. The van der Waals surface area contributed by atoms with Gasteiger partial charge in [-0.1, -0.05) is 0 Å². The third kappa shape index (κ3) is 6.70. The monoisotopic (exact) mass is 241 g/mol. The van der Waals surface area contributed by atoms with E-state index in [0.29, 0.717) is 19.8 Å². The molecule has 0 unspecified atom stereocenters. The van der Waals surface area contributed by atoms with E-state index in [1.807, 2.05) is 10.8 Å². The van der Waals surface area contributed by atoms with Gasteiger partial charge in [-0.3, -0.25) is 4.79 Å². The summed E-state index contributed by atoms with van der Waals surface area (Å²) in [6, 6.07) is 0. The number of hydrogen-bond donors (Lipinski definition) is 1. The number of carbonyl (C=O) groups excluding carboxylic acids is 1. The van der Waals surface area contributed by atoms with Gasteiger partial charge in [0.15, 0.2) is 0 Å². The van der Waals surface area contributed by atoms with Crippen LogP contribution in [0, 0.1) is 0 Å². The molecule has 0 spiro atoms. The van der Waals surface area contributed by atoms with Gasteiger partial charge in [-0.05, 0) is 6.42 Å². The third-order valence-corrected chi connectivity index (χ3v) is 2.14. The van der Waals surface area contributed by atoms with Crippen molar-refractivity contribution < 1.29 is 14.3 Å². The van der Waals surface area contributed by atoms with Gasteiger partial charge in [-0.15, -0.1) is 0 Å². The molecule has 6 nitrogen and oxygen atoms in total. The van der Waals surface area contributed by atoms with E-state index in [2.05, 4.69) is 10.3 Å². The van der Waals surface area contributed by atoms with E-state index in [-0.39, 0.29) is 12.5 Å². The van der Waals surface area contributed by atoms with Gasteiger partial charge in [0, 0.05) is 32.6 Å². The first-order chi connectivity index (χ1) is 8.33. The van der Waals surface area contributed by atoms with Gasteiger partial charge in [0.25, 0.3) is 0 Å². The molecule has 0 atom stereocenters. The van der Waals surface area contributed by atoms with Crippen molar-refractivity contribution in [2.45, 2.75) is 13.0 Å². The number of nitrogens with one attached hydrogen (secondary N) is 1. The highest BCUT2D eigenvalue weighted by Gasteiger charge is 2.00. The summed E-state index contributed by atoms with van der Waals surface area (Å²) in [6.45, 7) is 2.54. The Hall–Kier alpha value is -1.40. The Morgan fingerprint density at radius 2 is 2.35 bits per heavy atom. The van der Waals surface area contributed by atoms with Crippen molar-refractivity contribution >= 4 is 5.91 Å². The van der Waals surface area contributed by atoms with Crippen molar-refractivity contribution in [2.24, 2.45) is 0 Å². The van der Waals surface area contributed by atoms with Gasteiger partial charge in [0.2, 0.25) is 5.91 Å². The van der Waals surface area contributed by atoms with Gasteiger partial charge < -0.3 is 19.4 Å². The van der Waals surface area contributed by atoms with Crippen LogP contribution in [0.2, 0.25) is 0 Å². The van der Waals surface area contributed by atoms with Gasteiger partial charge >= 0.3 is 0 Å². The number of nitrogens with zero attached hydrogens (tertiary/aromatic N) is 2. The average Bonchev–Trinajstić information content (AvgIpc) is 2.83. The molecule has 0 aliphatic rings. The van der Waals surface area contributed by atoms with E-state index in [9.17, 15) is 4.79 Å². The van der Waals surface area contributed by atoms with Crippen LogP contribution in [0.4, 0.5) is 0 Å². The van der Waals surface area contributed by atoms with Crippen LogP contribution in [-0.2, 0) is 20.8 Å². The second kappa shape index (κ2) is 8.72. The number of imidazole rings is 1. The van der Waals surface area contributed by atoms with E-state index >= 15 is 0 Å². The van der Waals surface area contributed by atoms with Crippen LogP contribution in [0.15, 0.2) is 18.7 Å². The van der Waals surface area contributed by atoms with Gasteiger partial charge in [-0.2, -0.15) is 0 Å². The molecule has 0 saturated carbocycles. The summed E-state index contributed by atoms with van der Waals surface area (Å²) in [5, 5.41) is 2.78. The first-order valence-electron chi connectivity index (χ1n) is 5.62. The molecule has 0 saturated heterocycles. The van der Waals surface area contributed by atoms with Crippen molar-refractivity contribution in [3.63, 3.8) is 0 Å². The molecule has 1 heterocycles.